The predicted molar refractivity (Wildman–Crippen MR) is 120 cm³/mol. The fourth-order valence-corrected chi connectivity index (χ4v) is 3.67. The van der Waals surface area contributed by atoms with Gasteiger partial charge in [-0.05, 0) is 60.1 Å². The molecule has 1 saturated carbocycles. The minimum Gasteiger partial charge on any atom is -0.354 e. The van der Waals surface area contributed by atoms with Gasteiger partial charge in [-0.15, -0.1) is 0 Å². The topological polar surface area (TPSA) is 91.0 Å². The largest absolute Gasteiger partial charge is 0.354 e. The maximum absolute atomic E-state index is 12.4. The number of hydrogen-bond donors (Lipinski definition) is 2. The monoisotopic (exact) mass is 419 g/mol. The van der Waals surface area contributed by atoms with E-state index in [1.807, 2.05) is 6.07 Å². The molecule has 7 heteroatoms. The van der Waals surface area contributed by atoms with Crippen molar-refractivity contribution in [2.45, 2.75) is 31.7 Å². The quantitative estimate of drug-likeness (QED) is 0.664. The second-order valence-corrected chi connectivity index (χ2v) is 7.84. The van der Waals surface area contributed by atoms with E-state index in [4.69, 9.17) is 5.48 Å². The maximum atomic E-state index is 12.4. The van der Waals surface area contributed by atoms with E-state index in [1.54, 1.807) is 18.3 Å². The zero-order valence-corrected chi connectivity index (χ0v) is 17.1. The Morgan fingerprint density at radius 2 is 2.16 bits per heavy atom. The van der Waals surface area contributed by atoms with Crippen molar-refractivity contribution in [1.29, 1.82) is 0 Å². The molecule has 2 N–H and O–H groups in total. The van der Waals surface area contributed by atoms with Gasteiger partial charge in [0, 0.05) is 50.0 Å². The fraction of sp³-hybridized carbons (Fsp3) is 0.333. The molecular weight excluding hydrogens is 390 g/mol. The highest BCUT2D eigenvalue weighted by molar-refractivity contribution is 5.92. The third kappa shape index (κ3) is 4.14. The van der Waals surface area contributed by atoms with Gasteiger partial charge in [-0.3, -0.25) is 24.5 Å². The molecular formula is C24H25N5O2. The molecule has 0 aromatic carbocycles. The molecule has 31 heavy (non-hydrogen) atoms. The third-order valence-electron chi connectivity index (χ3n) is 5.58. The Kier molecular flexibility index (Phi) is 4.03. The van der Waals surface area contributed by atoms with Crippen molar-refractivity contribution in [3.63, 3.8) is 0 Å². The van der Waals surface area contributed by atoms with Crippen LogP contribution in [-0.4, -0.2) is 45.8 Å². The molecule has 3 aromatic heterocycles. The molecule has 5 rings (SSSR count). The Bertz CT molecular complexity index is 1400. The van der Waals surface area contributed by atoms with Crippen molar-refractivity contribution in [2.24, 2.45) is 0 Å². The summed E-state index contributed by atoms with van der Waals surface area (Å²) in [6.45, 7) is -4.15. The van der Waals surface area contributed by atoms with Crippen LogP contribution in [-0.2, 0) is 6.54 Å². The smallest absolute Gasteiger partial charge is 0.269 e. The first-order chi connectivity index (χ1) is 16.6. The maximum Gasteiger partial charge on any atom is 0.269 e. The van der Waals surface area contributed by atoms with Gasteiger partial charge in [0.25, 0.3) is 11.5 Å². The highest BCUT2D eigenvalue weighted by Gasteiger charge is 2.26. The number of carbonyl (C=O) groups is 1. The summed E-state index contributed by atoms with van der Waals surface area (Å²) in [6, 6.07) is 6.72. The summed E-state index contributed by atoms with van der Waals surface area (Å²) in [5.41, 5.74) is 3.67. The Morgan fingerprint density at radius 1 is 1.29 bits per heavy atom. The van der Waals surface area contributed by atoms with Crippen molar-refractivity contribution >= 4 is 22.5 Å². The normalized spacial score (nSPS) is 22.0. The van der Waals surface area contributed by atoms with Crippen LogP contribution in [0.5, 0.6) is 0 Å². The van der Waals surface area contributed by atoms with Gasteiger partial charge in [0.15, 0.2) is 0 Å². The van der Waals surface area contributed by atoms with E-state index in [0.29, 0.717) is 33.7 Å². The Labute approximate surface area is 185 Å². The molecule has 2 aliphatic rings. The van der Waals surface area contributed by atoms with E-state index in [9.17, 15) is 9.59 Å². The van der Waals surface area contributed by atoms with Gasteiger partial charge in [0.2, 0.25) is 0 Å². The molecule has 0 spiro atoms. The van der Waals surface area contributed by atoms with Gasteiger partial charge < -0.3 is 10.3 Å². The highest BCUT2D eigenvalue weighted by Crippen LogP contribution is 2.38. The second kappa shape index (κ2) is 8.07. The fourth-order valence-electron chi connectivity index (χ4n) is 3.67. The first kappa shape index (κ1) is 15.5. The lowest BCUT2D eigenvalue weighted by Gasteiger charge is -2.26. The van der Waals surface area contributed by atoms with Gasteiger partial charge in [0.05, 0.1) is 11.0 Å². The lowest BCUT2D eigenvalue weighted by atomic mass is 10.0. The standard InChI is InChI=1S/C24H25N5O2/c1-25-24(31)20-5-4-18(13-27-20)16-6-8-29(9-7-16)14-15-10-22-21(26-12-15)11-19(17-2-3-17)23(30)28-22/h4-6,10-13,17H,2-3,7-9,14H2,1H3,(H,25,31)(H,28,30)/i8D2,9D2. The summed E-state index contributed by atoms with van der Waals surface area (Å²) in [4.78, 5) is 36.7. The number of H-pyrrole nitrogens is 1. The number of rotatable bonds is 5. The van der Waals surface area contributed by atoms with Crippen molar-refractivity contribution in [1.82, 2.24) is 25.2 Å². The third-order valence-corrected chi connectivity index (χ3v) is 5.58. The highest BCUT2D eigenvalue weighted by atomic mass is 16.1. The van der Waals surface area contributed by atoms with Crippen molar-refractivity contribution in [3.05, 3.63) is 75.5 Å². The van der Waals surface area contributed by atoms with E-state index in [1.165, 1.54) is 25.4 Å². The molecule has 1 aliphatic heterocycles. The van der Waals surface area contributed by atoms with E-state index >= 15 is 0 Å². The molecule has 0 atom stereocenters. The van der Waals surface area contributed by atoms with Crippen LogP contribution in [0.15, 0.2) is 47.5 Å². The van der Waals surface area contributed by atoms with Crippen molar-refractivity contribution in [3.8, 4) is 0 Å². The molecule has 3 aromatic rings. The number of nitrogens with one attached hydrogen (secondary N) is 2. The molecule has 0 radical (unpaired) electrons. The minimum atomic E-state index is -2.10. The minimum absolute atomic E-state index is 0.0347. The van der Waals surface area contributed by atoms with E-state index in [0.717, 1.165) is 23.3 Å². The van der Waals surface area contributed by atoms with E-state index in [-0.39, 0.29) is 30.1 Å². The second-order valence-electron chi connectivity index (χ2n) is 7.84. The summed E-state index contributed by atoms with van der Waals surface area (Å²) < 4.78 is 34.5. The summed E-state index contributed by atoms with van der Waals surface area (Å²) in [6.07, 6.45) is 6.41. The Morgan fingerprint density at radius 3 is 2.87 bits per heavy atom. The van der Waals surface area contributed by atoms with Crippen LogP contribution in [0.4, 0.5) is 0 Å². The lowest BCUT2D eigenvalue weighted by Crippen LogP contribution is -2.28. The van der Waals surface area contributed by atoms with Crippen LogP contribution in [0.1, 0.15) is 57.8 Å². The molecule has 0 saturated heterocycles. The first-order valence-corrected chi connectivity index (χ1v) is 10.3. The Hall–Kier alpha value is -3.32. The van der Waals surface area contributed by atoms with E-state index < -0.39 is 13.0 Å². The number of aromatic amines is 1. The van der Waals surface area contributed by atoms with Crippen LogP contribution >= 0.6 is 0 Å². The number of fused-ring (bicyclic) bond motifs is 1. The predicted octanol–water partition coefficient (Wildman–Crippen LogP) is 2.84. The molecule has 1 aliphatic carbocycles. The van der Waals surface area contributed by atoms with Crippen LogP contribution < -0.4 is 10.9 Å². The van der Waals surface area contributed by atoms with Crippen LogP contribution in [0.25, 0.3) is 16.6 Å². The zero-order chi connectivity index (χ0) is 25.0. The molecule has 7 nitrogen and oxygen atoms in total. The number of pyridine rings is 3. The van der Waals surface area contributed by atoms with Crippen LogP contribution in [0.2, 0.25) is 0 Å². The van der Waals surface area contributed by atoms with E-state index in [2.05, 4.69) is 20.3 Å². The number of carbonyl (C=O) groups excluding carboxylic acids is 1. The SMILES string of the molecule is [2H]C1([2H])C=C(c2ccc(C(=O)NC)nc2)CC([2H])([2H])N1Cc1cnc2cc(C3CC3)c(=O)[nH]c2c1. The molecule has 1 fully saturated rings. The van der Waals surface area contributed by atoms with Gasteiger partial charge >= 0.3 is 0 Å². The molecule has 158 valence electrons. The number of hydrogen-bond acceptors (Lipinski definition) is 5. The van der Waals surface area contributed by atoms with Gasteiger partial charge in [-0.2, -0.15) is 0 Å². The van der Waals surface area contributed by atoms with Crippen LogP contribution in [0.3, 0.4) is 0 Å². The number of amides is 1. The van der Waals surface area contributed by atoms with Gasteiger partial charge in [-0.25, -0.2) is 0 Å². The summed E-state index contributed by atoms with van der Waals surface area (Å²) in [5, 5.41) is 2.49. The zero-order valence-electron chi connectivity index (χ0n) is 21.1. The molecule has 4 heterocycles. The first-order valence-electron chi connectivity index (χ1n) is 12.3. The summed E-state index contributed by atoms with van der Waals surface area (Å²) in [5.74, 6) is -0.0336. The van der Waals surface area contributed by atoms with Crippen molar-refractivity contribution < 1.29 is 10.3 Å². The molecule has 0 bridgehead atoms. The lowest BCUT2D eigenvalue weighted by molar-refractivity contribution is 0.0958. The number of aromatic nitrogens is 3. The summed E-state index contributed by atoms with van der Waals surface area (Å²) >= 11 is 0. The Balaban J connectivity index is 1.42. The average molecular weight is 420 g/mol. The summed E-state index contributed by atoms with van der Waals surface area (Å²) in [7, 11) is 1.51. The molecule has 0 unspecified atom stereocenters. The van der Waals surface area contributed by atoms with Gasteiger partial charge in [0.1, 0.15) is 5.69 Å². The van der Waals surface area contributed by atoms with Crippen molar-refractivity contribution in [2.75, 3.05) is 20.0 Å². The van der Waals surface area contributed by atoms with Crippen LogP contribution in [0, 0.1) is 0 Å². The van der Waals surface area contributed by atoms with Gasteiger partial charge in [-0.1, -0.05) is 12.1 Å². The molecule has 1 amide bonds. The number of nitrogens with zero attached hydrogens (tertiary/aromatic N) is 3. The average Bonchev–Trinajstić information content (AvgIpc) is 3.65.